The Kier molecular flexibility index (Phi) is 39.8. The van der Waals surface area contributed by atoms with Crippen LogP contribution in [-0.2, 0) is 84.5 Å². The first-order valence-corrected chi connectivity index (χ1v) is 47.2. The highest BCUT2D eigenvalue weighted by Gasteiger charge is 2.35. The van der Waals surface area contributed by atoms with Gasteiger partial charge in [-0.05, 0) is 187 Å². The highest BCUT2D eigenvalue weighted by molar-refractivity contribution is 7.90. The van der Waals surface area contributed by atoms with Crippen LogP contribution in [0.3, 0.4) is 0 Å². The Balaban J connectivity index is 0.000000172. The number of alkyl halides is 1. The van der Waals surface area contributed by atoms with E-state index in [0.29, 0.717) is 97.6 Å². The van der Waals surface area contributed by atoms with Gasteiger partial charge >= 0.3 is 0 Å². The fourth-order valence-corrected chi connectivity index (χ4v) is 18.1. The van der Waals surface area contributed by atoms with Crippen LogP contribution < -0.4 is 67.6 Å². The number of anilines is 3. The van der Waals surface area contributed by atoms with Crippen molar-refractivity contribution in [2.45, 2.75) is 195 Å². The lowest BCUT2D eigenvalue weighted by atomic mass is 9.89. The number of nitrogen functional groups attached to an aromatic ring is 2. The summed E-state index contributed by atoms with van der Waals surface area (Å²) in [6.45, 7) is 32.9. The highest BCUT2D eigenvalue weighted by atomic mass is 35.5. The molecule has 131 heavy (non-hydrogen) atoms. The molecule has 5 amide bonds. The van der Waals surface area contributed by atoms with Crippen molar-refractivity contribution in [3.63, 3.8) is 0 Å². The molecule has 1 aromatic heterocycles. The number of amides is 5. The smallest absolute Gasteiger partial charge is 0.243 e. The first-order valence-electron chi connectivity index (χ1n) is 43.7. The van der Waals surface area contributed by atoms with Crippen LogP contribution in [0, 0.1) is 5.92 Å². The van der Waals surface area contributed by atoms with Crippen molar-refractivity contribution in [2.75, 3.05) is 49.6 Å². The Hall–Kier alpha value is -12.2. The van der Waals surface area contributed by atoms with Crippen molar-refractivity contribution in [1.29, 1.82) is 0 Å². The minimum atomic E-state index is -3.81. The van der Waals surface area contributed by atoms with Gasteiger partial charge in [0, 0.05) is 110 Å². The number of halogens is 1. The van der Waals surface area contributed by atoms with E-state index >= 15 is 0 Å². The van der Waals surface area contributed by atoms with Crippen molar-refractivity contribution in [2.24, 2.45) is 5.92 Å². The van der Waals surface area contributed by atoms with Crippen LogP contribution in [0.15, 0.2) is 271 Å². The van der Waals surface area contributed by atoms with Gasteiger partial charge in [-0.3, -0.25) is 57.9 Å². The van der Waals surface area contributed by atoms with E-state index in [1.807, 2.05) is 79.8 Å². The molecule has 3 saturated carbocycles. The molecule has 7 aromatic rings. The van der Waals surface area contributed by atoms with Crippen LogP contribution in [0.5, 0.6) is 11.5 Å². The van der Waals surface area contributed by atoms with Crippen LogP contribution in [0.1, 0.15) is 155 Å². The second-order valence-corrected chi connectivity index (χ2v) is 36.7. The summed E-state index contributed by atoms with van der Waals surface area (Å²) in [5.41, 5.74) is 23.1. The van der Waals surface area contributed by atoms with Crippen molar-refractivity contribution in [3.8, 4) is 11.5 Å². The molecule has 29 nitrogen and oxygen atoms in total. The lowest BCUT2D eigenvalue weighted by Gasteiger charge is -2.33. The fourth-order valence-electron chi connectivity index (χ4n) is 15.4. The molecular weight excluding hydrogens is 1720 g/mol. The zero-order valence-corrected chi connectivity index (χ0v) is 76.8. The minimum absolute atomic E-state index is 0.00548. The van der Waals surface area contributed by atoms with E-state index in [4.69, 9.17) is 32.5 Å². The maximum atomic E-state index is 12.4. The first kappa shape index (κ1) is 103. The summed E-state index contributed by atoms with van der Waals surface area (Å²) in [6, 6.07) is 49.5. The van der Waals surface area contributed by atoms with Gasteiger partial charge in [-0.15, -0.1) is 11.6 Å². The number of benzene rings is 6. The van der Waals surface area contributed by atoms with E-state index in [0.717, 1.165) is 136 Å². The predicted molar refractivity (Wildman–Crippen MR) is 509 cm³/mol. The van der Waals surface area contributed by atoms with E-state index < -0.39 is 38.0 Å². The van der Waals surface area contributed by atoms with Gasteiger partial charge in [0.15, 0.2) is 34.6 Å². The van der Waals surface area contributed by atoms with Gasteiger partial charge < -0.3 is 58.2 Å². The number of carbonyl (C=O) groups is 9. The normalized spacial score (nSPS) is 20.1. The average molecular weight is 1850 g/mol. The third-order valence-electron chi connectivity index (χ3n) is 22.6. The summed E-state index contributed by atoms with van der Waals surface area (Å²) in [4.78, 5) is 115. The van der Waals surface area contributed by atoms with Gasteiger partial charge in [0.1, 0.15) is 22.9 Å². The molecule has 15 rings (SSSR count). The zero-order valence-electron chi connectivity index (χ0n) is 74.4. The van der Waals surface area contributed by atoms with Gasteiger partial charge in [-0.25, -0.2) is 16.8 Å². The maximum Gasteiger partial charge on any atom is 0.243 e. The number of piperidine rings is 4. The minimum Gasteiger partial charge on any atom is -0.454 e. The molecule has 0 bridgehead atoms. The number of para-hydroxylation sites is 2. The second kappa shape index (κ2) is 50.9. The number of ketones is 4. The van der Waals surface area contributed by atoms with Gasteiger partial charge in [-0.2, -0.15) is 9.44 Å². The van der Waals surface area contributed by atoms with E-state index in [1.54, 1.807) is 54.7 Å². The molecule has 5 aliphatic heterocycles. The van der Waals surface area contributed by atoms with Gasteiger partial charge in [0.2, 0.25) is 56.4 Å². The number of Topliss-reactive ketones (excluding diaryl/α,β-unsaturated/α-hetero) is 4. The SMILES string of the molecule is C=C1CCC(CC(=O)c2ccccc2NC(=O)CCl)C(=O)N1.C=C1CCC(N(C)Cc2ccc3c(c2)OCO3)C(=O)C1.C=C1CCC(N(CC)Cc2ccccc2)C(=O)C1.C=C1CCC(NCCc2ccccn2)C(=O)N1.C=C1CCC(NCc2ccccc2)C(=O)C1.C=C1CCC(NS(=O)(=O)c2cccc(N)c2)C(=O)N1.C=C1CCC(NS(=O)(=O)c2ccccc2N)C(=O)N1. The molecule has 0 spiro atoms. The Morgan fingerprint density at radius 3 is 1.60 bits per heavy atom. The molecule has 8 aliphatic rings. The van der Waals surface area contributed by atoms with Crippen LogP contribution in [0.25, 0.3) is 0 Å². The number of aromatic nitrogens is 1. The number of fused-ring (bicyclic) bond motifs is 1. The Bertz CT molecular complexity index is 5530. The van der Waals surface area contributed by atoms with Crippen molar-refractivity contribution < 1.29 is 69.5 Å². The number of nitrogens with one attached hydrogen (secondary N) is 9. The number of sulfonamides is 2. The number of pyridine rings is 1. The molecule has 4 saturated heterocycles. The average Bonchev–Trinajstić information content (AvgIpc) is 1.52. The molecule has 7 atom stereocenters. The summed E-state index contributed by atoms with van der Waals surface area (Å²) in [6.07, 6.45) is 14.8. The molecule has 0 radical (unpaired) electrons. The molecule has 7 fully saturated rings. The molecule has 32 heteroatoms. The fraction of sp³-hybridized carbons (Fsp3) is 0.354. The number of rotatable bonds is 25. The van der Waals surface area contributed by atoms with E-state index in [9.17, 15) is 60.0 Å². The zero-order chi connectivity index (χ0) is 94.7. The number of carbonyl (C=O) groups excluding carboxylic acids is 9. The highest BCUT2D eigenvalue weighted by Crippen LogP contribution is 2.35. The van der Waals surface area contributed by atoms with Crippen LogP contribution >= 0.6 is 11.6 Å². The summed E-state index contributed by atoms with van der Waals surface area (Å²) in [5, 5.41) is 19.6. The molecule has 7 unspecified atom stereocenters. The number of allylic oxidation sites excluding steroid dienone is 7. The van der Waals surface area contributed by atoms with Crippen LogP contribution in [0.2, 0.25) is 0 Å². The Morgan fingerprint density at radius 2 is 1.04 bits per heavy atom. The summed E-state index contributed by atoms with van der Waals surface area (Å²) < 4.78 is 64.0. The van der Waals surface area contributed by atoms with Crippen LogP contribution in [0.4, 0.5) is 17.1 Å². The number of nitrogens with two attached hydrogens (primary N) is 2. The van der Waals surface area contributed by atoms with Crippen molar-refractivity contribution >= 4 is 101 Å². The van der Waals surface area contributed by atoms with Gasteiger partial charge in [-0.1, -0.05) is 173 Å². The lowest BCUT2D eigenvalue weighted by Crippen LogP contribution is -2.49. The third kappa shape index (κ3) is 33.0. The van der Waals surface area contributed by atoms with Crippen LogP contribution in [-0.4, -0.2) is 153 Å². The van der Waals surface area contributed by atoms with E-state index in [2.05, 4.69) is 139 Å². The molecule has 13 N–H and O–H groups in total. The monoisotopic (exact) mass is 1840 g/mol. The lowest BCUT2D eigenvalue weighted by molar-refractivity contribution is -0.126. The Morgan fingerprint density at radius 1 is 0.511 bits per heavy atom. The number of likely N-dealkylation sites (N-methyl/N-ethyl adjacent to an activating group) is 2. The number of nitrogens with zero attached hydrogens (tertiary/aromatic N) is 3. The molecule has 696 valence electrons. The number of ether oxygens (including phenoxy) is 2. The van der Waals surface area contributed by atoms with E-state index in [-0.39, 0.29) is 106 Å². The van der Waals surface area contributed by atoms with Crippen molar-refractivity contribution in [1.82, 2.24) is 56.1 Å². The summed E-state index contributed by atoms with van der Waals surface area (Å²) in [5.74, 6) is 0.450. The maximum absolute atomic E-state index is 12.4. The van der Waals surface area contributed by atoms with Gasteiger partial charge in [0.25, 0.3) is 0 Å². The number of hydrogen-bond donors (Lipinski definition) is 11. The third-order valence-corrected chi connectivity index (χ3v) is 25.9. The van der Waals surface area contributed by atoms with Gasteiger partial charge in [0.05, 0.1) is 40.4 Å². The first-order chi connectivity index (χ1) is 62.6. The summed E-state index contributed by atoms with van der Waals surface area (Å²) in [7, 11) is -5.56. The summed E-state index contributed by atoms with van der Waals surface area (Å²) >= 11 is 5.46. The van der Waals surface area contributed by atoms with Crippen molar-refractivity contribution in [3.05, 3.63) is 290 Å². The largest absolute Gasteiger partial charge is 0.454 e. The topological polar surface area (TPSA) is 420 Å². The quantitative estimate of drug-likeness (QED) is 0.0110. The van der Waals surface area contributed by atoms with E-state index in [1.165, 1.54) is 35.4 Å². The molecule has 6 aromatic carbocycles. The second-order valence-electron chi connectivity index (χ2n) is 33.0. The standard InChI is InChI=1S/C16H17ClN2O3.C16H19NO3.C16H21NO.C14H17NO.C13H17N3O.2C12H15N3O3S/c1-10-6-7-11(16(22)18-10)8-14(20)12-4-2-3-5-13(12)19-15(21)9-17;1-11-3-5-13(14(18)7-11)17(2)9-12-4-6-15-16(8-12)20-10-19-15;1-3-17(12-14-7-5-4-6-8-14)15-10-9-13(2)11-16(15)18;1-11-7-8-13(14(16)9-11)15-10-12-5-3-2-4-6-12;1-10-5-6-12(13(17)16-10)15-9-7-11-4-2-3-8-14-11;1-8-5-6-11(12(16)14-8)15-19(17,18)10-4-2-3-9(13)7-10;1-8-6-7-10(12(16)14-8)15-19(17,18)11-5-3-2-4-9(11)13/h2-5,11H,1,6-9H2,(H,18,22)(H,19,21);4,6,8,13H,1,3,5,7,9-10H2,2H3;4-8,15H,2-3,9-12H2,1H3;2-6,13,15H,1,7-10H2;2-4,8,12,15H,1,5-7,9H2,(H,16,17);2-4,7,11,15H,1,5-6,13H2,(H,14,16);2-5,10,15H,1,6-7,13H2,(H,14,16). The molecular formula is C99H121ClN14O15S2. The molecule has 3 aliphatic carbocycles. The number of hydrogen-bond acceptors (Lipinski definition) is 22. The molecule has 6 heterocycles. The Labute approximate surface area is 773 Å². The predicted octanol–water partition coefficient (Wildman–Crippen LogP) is 12.3.